The minimum Gasteiger partial charge on any atom is -0.297 e. The molecule has 1 heteroatoms. The molecule has 2 atom stereocenters. The van der Waals surface area contributed by atoms with Crippen LogP contribution in [0.2, 0.25) is 0 Å². The average Bonchev–Trinajstić information content (AvgIpc) is 3.19. The van der Waals surface area contributed by atoms with Crippen molar-refractivity contribution in [2.75, 3.05) is 6.54 Å². The van der Waals surface area contributed by atoms with Crippen LogP contribution >= 0.6 is 0 Å². The van der Waals surface area contributed by atoms with Gasteiger partial charge >= 0.3 is 0 Å². The van der Waals surface area contributed by atoms with E-state index in [2.05, 4.69) is 54.3 Å². The van der Waals surface area contributed by atoms with Crippen molar-refractivity contribution in [3.05, 3.63) is 42.0 Å². The molecule has 102 valence electrons. The molecule has 2 aliphatic rings. The summed E-state index contributed by atoms with van der Waals surface area (Å²) in [4.78, 5) is 2.77. The van der Waals surface area contributed by atoms with E-state index in [0.717, 1.165) is 18.0 Å². The molecule has 19 heavy (non-hydrogen) atoms. The van der Waals surface area contributed by atoms with E-state index in [-0.39, 0.29) is 0 Å². The second-order valence-electron chi connectivity index (χ2n) is 6.16. The third kappa shape index (κ3) is 3.27. The summed E-state index contributed by atoms with van der Waals surface area (Å²) in [5.41, 5.74) is 1.32. The van der Waals surface area contributed by atoms with Crippen molar-refractivity contribution in [1.82, 2.24) is 4.90 Å². The molecular weight excluding hydrogens is 230 g/mol. The van der Waals surface area contributed by atoms with Gasteiger partial charge in [-0.15, -0.1) is 0 Å². The molecule has 0 aromatic heterocycles. The summed E-state index contributed by atoms with van der Waals surface area (Å²) in [6, 6.07) is 12.2. The minimum atomic E-state index is 0.788. The monoisotopic (exact) mass is 255 g/mol. The summed E-state index contributed by atoms with van der Waals surface area (Å²) in [6.07, 6.45) is 11.6. The van der Waals surface area contributed by atoms with E-state index < -0.39 is 0 Å². The predicted molar refractivity (Wildman–Crippen MR) is 82.0 cm³/mol. The Bertz CT molecular complexity index is 419. The first-order chi connectivity index (χ1) is 9.34. The third-order valence-corrected chi connectivity index (χ3v) is 4.77. The second-order valence-corrected chi connectivity index (χ2v) is 6.16. The van der Waals surface area contributed by atoms with Crippen LogP contribution in [0.15, 0.2) is 36.4 Å². The van der Waals surface area contributed by atoms with Crippen LogP contribution in [0.5, 0.6) is 0 Å². The maximum atomic E-state index is 2.77. The standard InChI is InChI=1S/C18H25N/c1-15(17-12-13-17)19-14-6-11-18(19)10-5-9-16-7-3-2-4-8-16/h2-5,7-9,15,17-18H,6,10-14H2,1H3/b9-5+. The van der Waals surface area contributed by atoms with E-state index in [0.29, 0.717) is 0 Å². The molecular formula is C18H25N. The number of benzene rings is 1. The molecule has 2 unspecified atom stereocenters. The fourth-order valence-corrected chi connectivity index (χ4v) is 3.42. The van der Waals surface area contributed by atoms with Gasteiger partial charge in [-0.05, 0) is 57.1 Å². The molecule has 0 amide bonds. The van der Waals surface area contributed by atoms with Crippen LogP contribution in [0.3, 0.4) is 0 Å². The van der Waals surface area contributed by atoms with Gasteiger partial charge in [0.2, 0.25) is 0 Å². The second kappa shape index (κ2) is 5.92. The number of rotatable bonds is 5. The number of nitrogens with zero attached hydrogens (tertiary/aromatic N) is 1. The van der Waals surface area contributed by atoms with E-state index in [9.17, 15) is 0 Å². The molecule has 0 N–H and O–H groups in total. The van der Waals surface area contributed by atoms with Gasteiger partial charge in [-0.25, -0.2) is 0 Å². The minimum absolute atomic E-state index is 0.788. The highest BCUT2D eigenvalue weighted by Crippen LogP contribution is 2.38. The molecule has 1 saturated carbocycles. The summed E-state index contributed by atoms with van der Waals surface area (Å²) in [5, 5.41) is 0. The highest BCUT2D eigenvalue weighted by Gasteiger charge is 2.36. The lowest BCUT2D eigenvalue weighted by molar-refractivity contribution is 0.174. The van der Waals surface area contributed by atoms with Crippen molar-refractivity contribution in [3.8, 4) is 0 Å². The van der Waals surface area contributed by atoms with Crippen LogP contribution in [0.25, 0.3) is 6.08 Å². The molecule has 2 fully saturated rings. The zero-order valence-corrected chi connectivity index (χ0v) is 12.0. The Hall–Kier alpha value is -1.08. The largest absolute Gasteiger partial charge is 0.297 e. The molecule has 0 spiro atoms. The lowest BCUT2D eigenvalue weighted by Crippen LogP contribution is -2.38. The number of hydrogen-bond acceptors (Lipinski definition) is 1. The van der Waals surface area contributed by atoms with E-state index >= 15 is 0 Å². The Morgan fingerprint density at radius 2 is 2.00 bits per heavy atom. The Balaban J connectivity index is 1.55. The highest BCUT2D eigenvalue weighted by molar-refractivity contribution is 5.48. The first-order valence-electron chi connectivity index (χ1n) is 7.82. The molecule has 1 aromatic carbocycles. The highest BCUT2D eigenvalue weighted by atomic mass is 15.2. The maximum Gasteiger partial charge on any atom is 0.0133 e. The average molecular weight is 255 g/mol. The summed E-state index contributed by atoms with van der Waals surface area (Å²) >= 11 is 0. The third-order valence-electron chi connectivity index (χ3n) is 4.77. The Labute approximate surface area is 117 Å². The first kappa shape index (κ1) is 12.9. The SMILES string of the molecule is CC(C1CC1)N1CCCC1C/C=C/c1ccccc1. The van der Waals surface area contributed by atoms with Gasteiger partial charge in [0, 0.05) is 12.1 Å². The summed E-state index contributed by atoms with van der Waals surface area (Å²) in [7, 11) is 0. The van der Waals surface area contributed by atoms with Gasteiger partial charge < -0.3 is 0 Å². The van der Waals surface area contributed by atoms with Gasteiger partial charge in [0.25, 0.3) is 0 Å². The molecule has 3 rings (SSSR count). The van der Waals surface area contributed by atoms with E-state index in [1.165, 1.54) is 44.2 Å². The normalized spacial score (nSPS) is 26.1. The van der Waals surface area contributed by atoms with Crippen molar-refractivity contribution >= 4 is 6.08 Å². The molecule has 1 nitrogen and oxygen atoms in total. The van der Waals surface area contributed by atoms with Crippen LogP contribution in [0, 0.1) is 5.92 Å². The van der Waals surface area contributed by atoms with Gasteiger partial charge in [-0.2, -0.15) is 0 Å². The fraction of sp³-hybridized carbons (Fsp3) is 0.556. The summed E-state index contributed by atoms with van der Waals surface area (Å²) in [6.45, 7) is 3.76. The molecule has 1 heterocycles. The molecule has 1 saturated heterocycles. The quantitative estimate of drug-likeness (QED) is 0.756. The zero-order chi connectivity index (χ0) is 13.1. The van der Waals surface area contributed by atoms with Crippen LogP contribution in [0.4, 0.5) is 0 Å². The van der Waals surface area contributed by atoms with Crippen molar-refractivity contribution < 1.29 is 0 Å². The van der Waals surface area contributed by atoms with Gasteiger partial charge in [0.05, 0.1) is 0 Å². The Kier molecular flexibility index (Phi) is 4.03. The summed E-state index contributed by atoms with van der Waals surface area (Å²) < 4.78 is 0. The van der Waals surface area contributed by atoms with E-state index in [1.54, 1.807) is 0 Å². The van der Waals surface area contributed by atoms with Crippen molar-refractivity contribution in [2.24, 2.45) is 5.92 Å². The van der Waals surface area contributed by atoms with Crippen molar-refractivity contribution in [2.45, 2.75) is 51.1 Å². The van der Waals surface area contributed by atoms with Crippen LogP contribution in [-0.4, -0.2) is 23.5 Å². The first-order valence-corrected chi connectivity index (χ1v) is 7.82. The maximum absolute atomic E-state index is 2.77. The van der Waals surface area contributed by atoms with Gasteiger partial charge in [0.15, 0.2) is 0 Å². The molecule has 0 radical (unpaired) electrons. The van der Waals surface area contributed by atoms with Crippen LogP contribution < -0.4 is 0 Å². The zero-order valence-electron chi connectivity index (χ0n) is 12.0. The number of likely N-dealkylation sites (tertiary alicyclic amines) is 1. The van der Waals surface area contributed by atoms with Gasteiger partial charge in [0.1, 0.15) is 0 Å². The summed E-state index contributed by atoms with van der Waals surface area (Å²) in [5.74, 6) is 0.999. The predicted octanol–water partition coefficient (Wildman–Crippen LogP) is 4.35. The van der Waals surface area contributed by atoms with E-state index in [4.69, 9.17) is 0 Å². The van der Waals surface area contributed by atoms with Gasteiger partial charge in [-0.1, -0.05) is 42.5 Å². The Morgan fingerprint density at radius 3 is 2.74 bits per heavy atom. The lowest BCUT2D eigenvalue weighted by Gasteiger charge is -2.30. The smallest absolute Gasteiger partial charge is 0.0133 e. The van der Waals surface area contributed by atoms with Crippen LogP contribution in [0.1, 0.15) is 44.6 Å². The Morgan fingerprint density at radius 1 is 1.21 bits per heavy atom. The van der Waals surface area contributed by atoms with E-state index in [1.807, 2.05) is 0 Å². The number of hydrogen-bond donors (Lipinski definition) is 0. The van der Waals surface area contributed by atoms with Crippen LogP contribution in [-0.2, 0) is 0 Å². The molecule has 1 aliphatic carbocycles. The molecule has 1 aromatic rings. The molecule has 0 bridgehead atoms. The topological polar surface area (TPSA) is 3.24 Å². The van der Waals surface area contributed by atoms with Crippen molar-refractivity contribution in [3.63, 3.8) is 0 Å². The lowest BCUT2D eigenvalue weighted by atomic mass is 10.1. The molecule has 1 aliphatic heterocycles. The van der Waals surface area contributed by atoms with Crippen molar-refractivity contribution in [1.29, 1.82) is 0 Å². The van der Waals surface area contributed by atoms with Gasteiger partial charge in [-0.3, -0.25) is 4.90 Å². The fourth-order valence-electron chi connectivity index (χ4n) is 3.42.